The van der Waals surface area contributed by atoms with Crippen LogP contribution in [-0.4, -0.2) is 34.2 Å². The molecule has 0 unspecified atom stereocenters. The highest BCUT2D eigenvalue weighted by atomic mass is 16.4. The average molecular weight is 183 g/mol. The Morgan fingerprint density at radius 1 is 1.62 bits per heavy atom. The molecule has 1 amide bonds. The molecule has 6 nitrogen and oxygen atoms in total. The second-order valence-corrected chi connectivity index (χ2v) is 2.51. The van der Waals surface area contributed by atoms with Gasteiger partial charge < -0.3 is 10.0 Å². The van der Waals surface area contributed by atoms with Gasteiger partial charge in [0.1, 0.15) is 0 Å². The first-order valence-corrected chi connectivity index (χ1v) is 3.55. The molecule has 0 saturated carbocycles. The Hall–Kier alpha value is -1.85. The van der Waals surface area contributed by atoms with E-state index >= 15 is 0 Å². The molecule has 0 saturated heterocycles. The number of hydrogen-bond acceptors (Lipinski definition) is 3. The Bertz CT molecular complexity index is 345. The van der Waals surface area contributed by atoms with Crippen LogP contribution in [0.4, 0.5) is 5.69 Å². The van der Waals surface area contributed by atoms with Crippen LogP contribution >= 0.6 is 0 Å². The molecule has 1 rings (SSSR count). The fourth-order valence-corrected chi connectivity index (χ4v) is 0.861. The van der Waals surface area contributed by atoms with Crippen molar-refractivity contribution in [1.82, 2.24) is 10.2 Å². The summed E-state index contributed by atoms with van der Waals surface area (Å²) in [5.41, 5.74) is 0.178. The summed E-state index contributed by atoms with van der Waals surface area (Å²) in [6.45, 7) is 1.35. The maximum atomic E-state index is 10.9. The van der Waals surface area contributed by atoms with Gasteiger partial charge in [0.25, 0.3) is 0 Å². The number of nitrogens with one attached hydrogen (secondary N) is 1. The van der Waals surface area contributed by atoms with Crippen molar-refractivity contribution >= 4 is 17.6 Å². The van der Waals surface area contributed by atoms with Crippen molar-refractivity contribution in [2.24, 2.45) is 0 Å². The number of carbonyl (C=O) groups is 2. The maximum Gasteiger partial charge on any atom is 0.356 e. The molecule has 0 radical (unpaired) electrons. The molecule has 0 aromatic carbocycles. The van der Waals surface area contributed by atoms with E-state index in [1.54, 1.807) is 0 Å². The molecule has 6 heteroatoms. The Balaban J connectivity index is 3.07. The number of carbonyl (C=O) groups excluding carboxylic acids is 1. The number of H-pyrrole nitrogens is 1. The third-order valence-corrected chi connectivity index (χ3v) is 1.67. The van der Waals surface area contributed by atoms with Crippen molar-refractivity contribution in [2.45, 2.75) is 6.92 Å². The topological polar surface area (TPSA) is 86.3 Å². The minimum atomic E-state index is -1.14. The normalized spacial score (nSPS) is 9.69. The summed E-state index contributed by atoms with van der Waals surface area (Å²) in [7, 11) is 1.49. The Morgan fingerprint density at radius 3 is 2.69 bits per heavy atom. The number of aromatic carboxylic acids is 1. The molecule has 70 valence electrons. The zero-order valence-corrected chi connectivity index (χ0v) is 7.24. The lowest BCUT2D eigenvalue weighted by Crippen LogP contribution is -2.24. The monoisotopic (exact) mass is 183 g/mol. The Kier molecular flexibility index (Phi) is 2.32. The number of carboxylic acids is 1. The number of carboxylic acid groups (broad SMARTS) is 1. The van der Waals surface area contributed by atoms with Crippen LogP contribution in [0.15, 0.2) is 6.20 Å². The van der Waals surface area contributed by atoms with E-state index in [9.17, 15) is 9.59 Å². The van der Waals surface area contributed by atoms with Crippen molar-refractivity contribution in [3.63, 3.8) is 0 Å². The maximum absolute atomic E-state index is 10.9. The van der Waals surface area contributed by atoms with Gasteiger partial charge in [-0.3, -0.25) is 9.89 Å². The number of rotatable bonds is 2. The lowest BCUT2D eigenvalue weighted by molar-refractivity contribution is -0.116. The Labute approximate surface area is 74.2 Å². The standard InChI is InChI=1S/C7H9N3O3/c1-4(11)10(2)5-3-8-9-6(5)7(12)13/h3H,1-2H3,(H,8,9)(H,12,13). The fraction of sp³-hybridized carbons (Fsp3) is 0.286. The SMILES string of the molecule is CC(=O)N(C)c1cn[nH]c1C(=O)O. The van der Waals surface area contributed by atoms with Gasteiger partial charge in [0, 0.05) is 14.0 Å². The van der Waals surface area contributed by atoms with Gasteiger partial charge in [-0.15, -0.1) is 0 Å². The molecular weight excluding hydrogens is 174 g/mol. The second kappa shape index (κ2) is 3.26. The van der Waals surface area contributed by atoms with Gasteiger partial charge in [0.15, 0.2) is 5.69 Å². The molecule has 0 bridgehead atoms. The third kappa shape index (κ3) is 1.66. The highest BCUT2D eigenvalue weighted by molar-refractivity contribution is 5.99. The molecule has 1 aromatic rings. The number of anilines is 1. The smallest absolute Gasteiger partial charge is 0.356 e. The van der Waals surface area contributed by atoms with E-state index in [1.165, 1.54) is 25.1 Å². The summed E-state index contributed by atoms with van der Waals surface area (Å²) in [6, 6.07) is 0. The second-order valence-electron chi connectivity index (χ2n) is 2.51. The van der Waals surface area contributed by atoms with Crippen molar-refractivity contribution < 1.29 is 14.7 Å². The summed E-state index contributed by atoms with van der Waals surface area (Å²) in [5.74, 6) is -1.38. The zero-order valence-electron chi connectivity index (χ0n) is 7.24. The predicted octanol–water partition coefficient (Wildman–Crippen LogP) is 0.0906. The minimum Gasteiger partial charge on any atom is -0.476 e. The van der Waals surface area contributed by atoms with Gasteiger partial charge in [-0.1, -0.05) is 0 Å². The minimum absolute atomic E-state index is 0.0855. The van der Waals surface area contributed by atoms with Crippen LogP contribution in [0.1, 0.15) is 17.4 Å². The Morgan fingerprint density at radius 2 is 2.23 bits per heavy atom. The van der Waals surface area contributed by atoms with Gasteiger partial charge in [0.05, 0.1) is 11.9 Å². The number of aromatic nitrogens is 2. The van der Waals surface area contributed by atoms with E-state index in [-0.39, 0.29) is 17.3 Å². The average Bonchev–Trinajstić information content (AvgIpc) is 2.50. The number of hydrogen-bond donors (Lipinski definition) is 2. The van der Waals surface area contributed by atoms with Gasteiger partial charge in [0.2, 0.25) is 5.91 Å². The van der Waals surface area contributed by atoms with Crippen LogP contribution in [0, 0.1) is 0 Å². The molecule has 0 fully saturated rings. The summed E-state index contributed by atoms with van der Waals surface area (Å²) in [6.07, 6.45) is 1.30. The van der Waals surface area contributed by atoms with Crippen LogP contribution in [0.25, 0.3) is 0 Å². The predicted molar refractivity (Wildman–Crippen MR) is 44.6 cm³/mol. The molecule has 0 atom stereocenters. The highest BCUT2D eigenvalue weighted by Crippen LogP contribution is 2.15. The van der Waals surface area contributed by atoms with Gasteiger partial charge in [-0.05, 0) is 0 Å². The summed E-state index contributed by atoms with van der Waals surface area (Å²) < 4.78 is 0. The van der Waals surface area contributed by atoms with E-state index in [1.807, 2.05) is 0 Å². The third-order valence-electron chi connectivity index (χ3n) is 1.67. The quantitative estimate of drug-likeness (QED) is 0.680. The largest absolute Gasteiger partial charge is 0.476 e. The summed E-state index contributed by atoms with van der Waals surface area (Å²) >= 11 is 0. The zero-order chi connectivity index (χ0) is 10.0. The molecule has 0 aliphatic rings. The van der Waals surface area contributed by atoms with Crippen LogP contribution in [0.5, 0.6) is 0 Å². The van der Waals surface area contributed by atoms with Crippen LogP contribution in [-0.2, 0) is 4.79 Å². The van der Waals surface area contributed by atoms with Crippen LogP contribution in [0.2, 0.25) is 0 Å². The lowest BCUT2D eigenvalue weighted by atomic mass is 10.3. The van der Waals surface area contributed by atoms with Crippen LogP contribution in [0.3, 0.4) is 0 Å². The lowest BCUT2D eigenvalue weighted by Gasteiger charge is -2.12. The molecule has 0 spiro atoms. The molecule has 1 aromatic heterocycles. The summed E-state index contributed by atoms with van der Waals surface area (Å²) in [5, 5.41) is 14.5. The van der Waals surface area contributed by atoms with Crippen LogP contribution < -0.4 is 4.90 Å². The molecular formula is C7H9N3O3. The van der Waals surface area contributed by atoms with E-state index in [0.717, 1.165) is 0 Å². The van der Waals surface area contributed by atoms with E-state index in [4.69, 9.17) is 5.11 Å². The molecule has 0 aliphatic carbocycles. The fourth-order valence-electron chi connectivity index (χ4n) is 0.861. The highest BCUT2D eigenvalue weighted by Gasteiger charge is 2.17. The van der Waals surface area contributed by atoms with Crippen molar-refractivity contribution in [3.05, 3.63) is 11.9 Å². The molecule has 1 heterocycles. The first-order valence-electron chi connectivity index (χ1n) is 3.55. The number of nitrogens with zero attached hydrogens (tertiary/aromatic N) is 2. The number of amides is 1. The van der Waals surface area contributed by atoms with Gasteiger partial charge in [-0.25, -0.2) is 4.79 Å². The molecule has 2 N–H and O–H groups in total. The van der Waals surface area contributed by atoms with E-state index in [0.29, 0.717) is 0 Å². The molecule has 0 aliphatic heterocycles. The summed E-state index contributed by atoms with van der Waals surface area (Å²) in [4.78, 5) is 22.7. The molecule has 13 heavy (non-hydrogen) atoms. The first kappa shape index (κ1) is 9.24. The van der Waals surface area contributed by atoms with Gasteiger partial charge >= 0.3 is 5.97 Å². The van der Waals surface area contributed by atoms with E-state index in [2.05, 4.69) is 10.2 Å². The van der Waals surface area contributed by atoms with Crippen molar-refractivity contribution in [1.29, 1.82) is 0 Å². The van der Waals surface area contributed by atoms with E-state index < -0.39 is 5.97 Å². The number of aromatic amines is 1. The van der Waals surface area contributed by atoms with Gasteiger partial charge in [-0.2, -0.15) is 5.10 Å². The first-order chi connectivity index (χ1) is 6.04. The van der Waals surface area contributed by atoms with Crippen molar-refractivity contribution in [3.8, 4) is 0 Å². The van der Waals surface area contributed by atoms with Crippen molar-refractivity contribution in [2.75, 3.05) is 11.9 Å².